The molecule has 1 unspecified atom stereocenters. The minimum absolute atomic E-state index is 0.309. The second kappa shape index (κ2) is 8.36. The minimum atomic E-state index is -3.11. The van der Waals surface area contributed by atoms with Gasteiger partial charge < -0.3 is 14.4 Å². The van der Waals surface area contributed by atoms with E-state index in [9.17, 15) is 4.57 Å². The molecule has 0 aliphatic carbocycles. The lowest BCUT2D eigenvalue weighted by Gasteiger charge is -2.26. The Bertz CT molecular complexity index is 389. The highest BCUT2D eigenvalue weighted by Gasteiger charge is 2.33. The Morgan fingerprint density at radius 2 is 1.79 bits per heavy atom. The fourth-order valence-electron chi connectivity index (χ4n) is 1.95. The lowest BCUT2D eigenvalue weighted by atomic mass is 10.2. The van der Waals surface area contributed by atoms with Gasteiger partial charge in [-0.05, 0) is 18.6 Å². The molecule has 0 aromatic heterocycles. The zero-order valence-electron chi connectivity index (χ0n) is 12.0. The van der Waals surface area contributed by atoms with Crippen molar-refractivity contribution in [3.8, 4) is 0 Å². The number of hydrogen-bond acceptors (Lipinski definition) is 4. The van der Waals surface area contributed by atoms with Gasteiger partial charge in [0.25, 0.3) is 0 Å². The van der Waals surface area contributed by atoms with Gasteiger partial charge in [-0.15, -0.1) is 0 Å². The van der Waals surface area contributed by atoms with E-state index < -0.39 is 7.60 Å². The van der Waals surface area contributed by atoms with Gasteiger partial charge in [0.2, 0.25) is 0 Å². The fourth-order valence-corrected chi connectivity index (χ4v) is 3.42. The highest BCUT2D eigenvalue weighted by atomic mass is 31.2. The first-order valence-corrected chi connectivity index (χ1v) is 8.30. The Kier molecular flexibility index (Phi) is 7.14. The zero-order valence-corrected chi connectivity index (χ0v) is 12.9. The molecule has 0 radical (unpaired) electrons. The van der Waals surface area contributed by atoms with E-state index in [1.54, 1.807) is 0 Å². The second-order valence-corrected chi connectivity index (χ2v) is 6.86. The molecule has 0 amide bonds. The highest BCUT2D eigenvalue weighted by Crippen LogP contribution is 2.53. The molecule has 4 nitrogen and oxygen atoms in total. The van der Waals surface area contributed by atoms with E-state index in [2.05, 4.69) is 12.2 Å². The van der Waals surface area contributed by atoms with Crippen LogP contribution in [0, 0.1) is 0 Å². The SMILES string of the molecule is CCCCCC(Nc1ccccc1)P(=O)(OC)OC. The van der Waals surface area contributed by atoms with Crippen LogP contribution in [-0.2, 0) is 13.6 Å². The van der Waals surface area contributed by atoms with E-state index in [1.165, 1.54) is 14.2 Å². The largest absolute Gasteiger partial charge is 0.372 e. The molecule has 0 aliphatic heterocycles. The number of para-hydroxylation sites is 1. The quantitative estimate of drug-likeness (QED) is 0.536. The van der Waals surface area contributed by atoms with Crippen LogP contribution < -0.4 is 5.32 Å². The van der Waals surface area contributed by atoms with Crippen LogP contribution in [0.3, 0.4) is 0 Å². The molecule has 0 aliphatic rings. The van der Waals surface area contributed by atoms with Crippen molar-refractivity contribution >= 4 is 13.3 Å². The van der Waals surface area contributed by atoms with Gasteiger partial charge in [0.15, 0.2) is 0 Å². The van der Waals surface area contributed by atoms with Crippen LogP contribution in [0.4, 0.5) is 5.69 Å². The van der Waals surface area contributed by atoms with E-state index in [0.717, 1.165) is 31.4 Å². The average molecular weight is 285 g/mol. The maximum absolute atomic E-state index is 12.5. The highest BCUT2D eigenvalue weighted by molar-refractivity contribution is 7.54. The van der Waals surface area contributed by atoms with Crippen LogP contribution in [-0.4, -0.2) is 20.0 Å². The normalized spacial score (nSPS) is 13.2. The predicted molar refractivity (Wildman–Crippen MR) is 79.6 cm³/mol. The van der Waals surface area contributed by atoms with Gasteiger partial charge in [-0.2, -0.15) is 0 Å². The Balaban J connectivity index is 2.77. The van der Waals surface area contributed by atoms with Crippen molar-refractivity contribution in [2.24, 2.45) is 0 Å². The van der Waals surface area contributed by atoms with Gasteiger partial charge in [0, 0.05) is 19.9 Å². The molecule has 0 fully saturated rings. The summed E-state index contributed by atoms with van der Waals surface area (Å²) in [4.78, 5) is 0. The Morgan fingerprint density at radius 3 is 2.32 bits per heavy atom. The number of anilines is 1. The van der Waals surface area contributed by atoms with E-state index in [0.29, 0.717) is 0 Å². The molecular weight excluding hydrogens is 261 g/mol. The summed E-state index contributed by atoms with van der Waals surface area (Å²) >= 11 is 0. The predicted octanol–water partition coefficient (Wildman–Crippen LogP) is 4.49. The second-order valence-electron chi connectivity index (χ2n) is 4.43. The van der Waals surface area contributed by atoms with Crippen LogP contribution in [0.15, 0.2) is 30.3 Å². The van der Waals surface area contributed by atoms with E-state index >= 15 is 0 Å². The molecule has 0 heterocycles. The van der Waals surface area contributed by atoms with Crippen LogP contribution in [0.2, 0.25) is 0 Å². The third-order valence-corrected chi connectivity index (χ3v) is 5.25. The summed E-state index contributed by atoms with van der Waals surface area (Å²) in [7, 11) is -0.239. The molecule has 108 valence electrons. The summed E-state index contributed by atoms with van der Waals surface area (Å²) in [5, 5.41) is 3.27. The minimum Gasteiger partial charge on any atom is -0.372 e. The number of rotatable bonds is 9. The molecule has 5 heteroatoms. The number of hydrogen-bond donors (Lipinski definition) is 1. The smallest absolute Gasteiger partial charge is 0.352 e. The van der Waals surface area contributed by atoms with E-state index in [4.69, 9.17) is 9.05 Å². The topological polar surface area (TPSA) is 47.6 Å². The maximum Gasteiger partial charge on any atom is 0.352 e. The summed E-state index contributed by atoms with van der Waals surface area (Å²) in [6.07, 6.45) is 4.00. The van der Waals surface area contributed by atoms with Crippen molar-refractivity contribution in [2.45, 2.75) is 38.4 Å². The average Bonchev–Trinajstić information content (AvgIpc) is 2.46. The standard InChI is InChI=1S/C14H24NO3P/c1-4-5-7-12-14(19(16,17-2)18-3)15-13-10-8-6-9-11-13/h6,8-11,14-15H,4-5,7,12H2,1-3H3. The Hall–Kier alpha value is -0.830. The van der Waals surface area contributed by atoms with Crippen molar-refractivity contribution in [1.29, 1.82) is 0 Å². The van der Waals surface area contributed by atoms with Crippen LogP contribution in [0.25, 0.3) is 0 Å². The molecule has 1 N–H and O–H groups in total. The first-order chi connectivity index (χ1) is 9.16. The molecule has 0 spiro atoms. The molecule has 19 heavy (non-hydrogen) atoms. The summed E-state index contributed by atoms with van der Waals surface area (Å²) in [5.41, 5.74) is 0.929. The number of unbranched alkanes of at least 4 members (excludes halogenated alkanes) is 2. The van der Waals surface area contributed by atoms with Crippen molar-refractivity contribution in [3.63, 3.8) is 0 Å². The molecular formula is C14H24NO3P. The summed E-state index contributed by atoms with van der Waals surface area (Å²) < 4.78 is 22.8. The van der Waals surface area contributed by atoms with E-state index in [1.807, 2.05) is 30.3 Å². The number of benzene rings is 1. The van der Waals surface area contributed by atoms with Gasteiger partial charge in [-0.3, -0.25) is 4.57 Å². The van der Waals surface area contributed by atoms with Crippen LogP contribution in [0.1, 0.15) is 32.6 Å². The first-order valence-electron chi connectivity index (χ1n) is 6.69. The summed E-state index contributed by atoms with van der Waals surface area (Å²) in [6, 6.07) is 9.72. The summed E-state index contributed by atoms with van der Waals surface area (Å²) in [6.45, 7) is 2.14. The Labute approximate surface area is 116 Å². The van der Waals surface area contributed by atoms with Crippen molar-refractivity contribution in [1.82, 2.24) is 0 Å². The first kappa shape index (κ1) is 16.2. The monoisotopic (exact) mass is 285 g/mol. The van der Waals surface area contributed by atoms with E-state index in [-0.39, 0.29) is 5.78 Å². The van der Waals surface area contributed by atoms with Crippen molar-refractivity contribution < 1.29 is 13.6 Å². The molecule has 1 rings (SSSR count). The van der Waals surface area contributed by atoms with Gasteiger partial charge in [-0.25, -0.2) is 0 Å². The maximum atomic E-state index is 12.5. The fraction of sp³-hybridized carbons (Fsp3) is 0.571. The molecule has 0 saturated heterocycles. The van der Waals surface area contributed by atoms with Gasteiger partial charge in [0.05, 0.1) is 0 Å². The van der Waals surface area contributed by atoms with Crippen molar-refractivity contribution in [3.05, 3.63) is 30.3 Å². The molecule has 0 bridgehead atoms. The summed E-state index contributed by atoms with van der Waals surface area (Å²) in [5.74, 6) is -0.309. The third-order valence-electron chi connectivity index (χ3n) is 3.08. The van der Waals surface area contributed by atoms with Crippen LogP contribution >= 0.6 is 7.60 Å². The Morgan fingerprint density at radius 1 is 1.16 bits per heavy atom. The lowest BCUT2D eigenvalue weighted by molar-refractivity contribution is 0.266. The molecule has 1 aromatic carbocycles. The van der Waals surface area contributed by atoms with Gasteiger partial charge in [-0.1, -0.05) is 44.4 Å². The third kappa shape index (κ3) is 4.98. The van der Waals surface area contributed by atoms with Gasteiger partial charge >= 0.3 is 7.60 Å². The van der Waals surface area contributed by atoms with Crippen molar-refractivity contribution in [2.75, 3.05) is 19.5 Å². The molecule has 0 saturated carbocycles. The van der Waals surface area contributed by atoms with Gasteiger partial charge in [0.1, 0.15) is 5.78 Å². The molecule has 1 aromatic rings. The zero-order chi connectivity index (χ0) is 14.1. The molecule has 1 atom stereocenters. The lowest BCUT2D eigenvalue weighted by Crippen LogP contribution is -2.21. The van der Waals surface area contributed by atoms with Crippen LogP contribution in [0.5, 0.6) is 0 Å². The number of nitrogens with one attached hydrogen (secondary N) is 1.